The molecule has 82 valence electrons. The summed E-state index contributed by atoms with van der Waals surface area (Å²) in [5, 5.41) is 3.33. The summed E-state index contributed by atoms with van der Waals surface area (Å²) < 4.78 is 0. The number of nitrogens with one attached hydrogen (secondary N) is 1. The van der Waals surface area contributed by atoms with E-state index in [0.717, 1.165) is 25.9 Å². The van der Waals surface area contributed by atoms with E-state index in [1.54, 1.807) is 0 Å². The first-order valence-corrected chi connectivity index (χ1v) is 5.79. The number of hydrogen-bond donors (Lipinski definition) is 1. The fourth-order valence-corrected chi connectivity index (χ4v) is 2.38. The molecule has 14 heavy (non-hydrogen) atoms. The van der Waals surface area contributed by atoms with E-state index in [1.165, 1.54) is 0 Å². The van der Waals surface area contributed by atoms with E-state index < -0.39 is 0 Å². The van der Waals surface area contributed by atoms with Crippen LogP contribution in [0.15, 0.2) is 0 Å². The van der Waals surface area contributed by atoms with Crippen molar-refractivity contribution in [1.29, 1.82) is 0 Å². The van der Waals surface area contributed by atoms with Crippen molar-refractivity contribution in [1.82, 2.24) is 5.32 Å². The second kappa shape index (κ2) is 4.43. The molecule has 0 aromatic rings. The van der Waals surface area contributed by atoms with E-state index >= 15 is 0 Å². The van der Waals surface area contributed by atoms with Crippen molar-refractivity contribution >= 4 is 5.78 Å². The van der Waals surface area contributed by atoms with Crippen LogP contribution in [0.1, 0.15) is 40.5 Å². The van der Waals surface area contributed by atoms with Crippen LogP contribution >= 0.6 is 0 Å². The van der Waals surface area contributed by atoms with Crippen LogP contribution in [-0.4, -0.2) is 18.9 Å². The lowest BCUT2D eigenvalue weighted by molar-refractivity contribution is -0.133. The quantitative estimate of drug-likeness (QED) is 0.749. The van der Waals surface area contributed by atoms with Gasteiger partial charge < -0.3 is 5.32 Å². The van der Waals surface area contributed by atoms with Crippen molar-refractivity contribution in [3.05, 3.63) is 0 Å². The van der Waals surface area contributed by atoms with E-state index in [9.17, 15) is 4.79 Å². The lowest BCUT2D eigenvalue weighted by Gasteiger charge is -2.33. The molecule has 2 unspecified atom stereocenters. The van der Waals surface area contributed by atoms with Gasteiger partial charge in [0.25, 0.3) is 0 Å². The summed E-state index contributed by atoms with van der Waals surface area (Å²) in [5.41, 5.74) is -0.0740. The minimum Gasteiger partial charge on any atom is -0.316 e. The average Bonchev–Trinajstić information content (AvgIpc) is 2.65. The highest BCUT2D eigenvalue weighted by Crippen LogP contribution is 2.37. The summed E-state index contributed by atoms with van der Waals surface area (Å²) in [4.78, 5) is 12.3. The Morgan fingerprint density at radius 3 is 2.43 bits per heavy atom. The number of carbonyl (C=O) groups is 1. The SMILES string of the molecule is CCC(C)C(=O)C1(C(C)C)CCNC1. The molecule has 2 nitrogen and oxygen atoms in total. The minimum atomic E-state index is -0.0740. The second-order valence-corrected chi connectivity index (χ2v) is 4.91. The van der Waals surface area contributed by atoms with Gasteiger partial charge in [-0.2, -0.15) is 0 Å². The fourth-order valence-electron chi connectivity index (χ4n) is 2.38. The summed E-state index contributed by atoms with van der Waals surface area (Å²) in [7, 11) is 0. The van der Waals surface area contributed by atoms with Gasteiger partial charge in [0, 0.05) is 17.9 Å². The molecule has 0 spiro atoms. The Balaban J connectivity index is 2.82. The van der Waals surface area contributed by atoms with Crippen LogP contribution in [0.3, 0.4) is 0 Å². The zero-order chi connectivity index (χ0) is 10.8. The third-order valence-electron chi connectivity index (χ3n) is 3.84. The fraction of sp³-hybridized carbons (Fsp3) is 0.917. The lowest BCUT2D eigenvalue weighted by Crippen LogP contribution is -2.41. The van der Waals surface area contributed by atoms with Gasteiger partial charge >= 0.3 is 0 Å². The maximum Gasteiger partial charge on any atom is 0.143 e. The predicted octanol–water partition coefficient (Wildman–Crippen LogP) is 2.24. The van der Waals surface area contributed by atoms with Crippen molar-refractivity contribution in [2.75, 3.05) is 13.1 Å². The average molecular weight is 197 g/mol. The standard InChI is InChI=1S/C12H23NO/c1-5-10(4)11(14)12(9(2)3)6-7-13-8-12/h9-10,13H,5-8H2,1-4H3. The van der Waals surface area contributed by atoms with Gasteiger partial charge in [0.1, 0.15) is 5.78 Å². The Morgan fingerprint density at radius 2 is 2.07 bits per heavy atom. The molecule has 1 aliphatic rings. The predicted molar refractivity (Wildman–Crippen MR) is 59.2 cm³/mol. The van der Waals surface area contributed by atoms with Crippen molar-refractivity contribution < 1.29 is 4.79 Å². The topological polar surface area (TPSA) is 29.1 Å². The lowest BCUT2D eigenvalue weighted by atomic mass is 9.69. The highest BCUT2D eigenvalue weighted by molar-refractivity contribution is 5.87. The Hall–Kier alpha value is -0.370. The van der Waals surface area contributed by atoms with Gasteiger partial charge in [0.05, 0.1) is 0 Å². The van der Waals surface area contributed by atoms with E-state index in [4.69, 9.17) is 0 Å². The molecule has 0 aliphatic carbocycles. The molecule has 1 aliphatic heterocycles. The molecule has 1 N–H and O–H groups in total. The molecule has 0 amide bonds. The number of carbonyl (C=O) groups excluding carboxylic acids is 1. The van der Waals surface area contributed by atoms with Crippen molar-refractivity contribution in [2.24, 2.45) is 17.3 Å². The molecular weight excluding hydrogens is 174 g/mol. The van der Waals surface area contributed by atoms with E-state index in [-0.39, 0.29) is 11.3 Å². The molecule has 0 aromatic heterocycles. The molecule has 0 saturated carbocycles. The molecule has 2 heteroatoms. The number of Topliss-reactive ketones (excluding diaryl/α,β-unsaturated/α-hetero) is 1. The van der Waals surface area contributed by atoms with Gasteiger partial charge in [0.2, 0.25) is 0 Å². The molecule has 1 fully saturated rings. The van der Waals surface area contributed by atoms with Crippen LogP contribution in [0.25, 0.3) is 0 Å². The molecule has 1 rings (SSSR count). The minimum absolute atomic E-state index is 0.0740. The van der Waals surface area contributed by atoms with Gasteiger partial charge in [-0.05, 0) is 25.3 Å². The summed E-state index contributed by atoms with van der Waals surface area (Å²) in [6.07, 6.45) is 1.99. The summed E-state index contributed by atoms with van der Waals surface area (Å²) >= 11 is 0. The second-order valence-electron chi connectivity index (χ2n) is 4.91. The molecule has 1 heterocycles. The van der Waals surface area contributed by atoms with Crippen LogP contribution in [0.2, 0.25) is 0 Å². The maximum absolute atomic E-state index is 12.3. The van der Waals surface area contributed by atoms with E-state index in [1.807, 2.05) is 0 Å². The molecule has 0 aromatic carbocycles. The van der Waals surface area contributed by atoms with Crippen LogP contribution in [-0.2, 0) is 4.79 Å². The van der Waals surface area contributed by atoms with Crippen LogP contribution in [0, 0.1) is 17.3 Å². The van der Waals surface area contributed by atoms with Crippen LogP contribution in [0.4, 0.5) is 0 Å². The van der Waals surface area contributed by atoms with Gasteiger partial charge in [-0.15, -0.1) is 0 Å². The molecule has 0 bridgehead atoms. The number of ketones is 1. The van der Waals surface area contributed by atoms with E-state index in [0.29, 0.717) is 11.7 Å². The first kappa shape index (κ1) is 11.7. The Kier molecular flexibility index (Phi) is 3.71. The number of rotatable bonds is 4. The van der Waals surface area contributed by atoms with Gasteiger partial charge in [-0.25, -0.2) is 0 Å². The van der Waals surface area contributed by atoms with Crippen LogP contribution < -0.4 is 5.32 Å². The summed E-state index contributed by atoms with van der Waals surface area (Å²) in [5.74, 6) is 1.15. The highest BCUT2D eigenvalue weighted by atomic mass is 16.1. The maximum atomic E-state index is 12.3. The highest BCUT2D eigenvalue weighted by Gasteiger charge is 2.44. The van der Waals surface area contributed by atoms with Gasteiger partial charge in [0.15, 0.2) is 0 Å². The normalized spacial score (nSPS) is 29.5. The Labute approximate surface area is 87.5 Å². The molecule has 0 radical (unpaired) electrons. The monoisotopic (exact) mass is 197 g/mol. The molecular formula is C12H23NO. The smallest absolute Gasteiger partial charge is 0.143 e. The molecule has 1 saturated heterocycles. The zero-order valence-electron chi connectivity index (χ0n) is 9.89. The van der Waals surface area contributed by atoms with Crippen LogP contribution in [0.5, 0.6) is 0 Å². The first-order chi connectivity index (χ1) is 6.54. The largest absolute Gasteiger partial charge is 0.316 e. The van der Waals surface area contributed by atoms with Gasteiger partial charge in [-0.3, -0.25) is 4.79 Å². The van der Waals surface area contributed by atoms with E-state index in [2.05, 4.69) is 33.0 Å². The molecule has 2 atom stereocenters. The third-order valence-corrected chi connectivity index (χ3v) is 3.84. The summed E-state index contributed by atoms with van der Waals surface area (Å²) in [6, 6.07) is 0. The Morgan fingerprint density at radius 1 is 1.43 bits per heavy atom. The summed E-state index contributed by atoms with van der Waals surface area (Å²) in [6.45, 7) is 10.4. The van der Waals surface area contributed by atoms with Crippen molar-refractivity contribution in [3.63, 3.8) is 0 Å². The van der Waals surface area contributed by atoms with Gasteiger partial charge in [-0.1, -0.05) is 27.7 Å². The van der Waals surface area contributed by atoms with Crippen molar-refractivity contribution in [3.8, 4) is 0 Å². The first-order valence-electron chi connectivity index (χ1n) is 5.79. The third kappa shape index (κ3) is 1.85. The zero-order valence-corrected chi connectivity index (χ0v) is 9.89. The number of hydrogen-bond acceptors (Lipinski definition) is 2. The van der Waals surface area contributed by atoms with Crippen molar-refractivity contribution in [2.45, 2.75) is 40.5 Å². The Bertz CT molecular complexity index is 204.